The Labute approximate surface area is 333 Å². The van der Waals surface area contributed by atoms with Crippen molar-refractivity contribution in [3.8, 4) is 0 Å². The number of hydrogen-bond donors (Lipinski definition) is 2. The zero-order valence-corrected chi connectivity index (χ0v) is 33.3. The van der Waals surface area contributed by atoms with Crippen molar-refractivity contribution in [3.63, 3.8) is 0 Å². The molecule has 2 N–H and O–H groups in total. The highest BCUT2D eigenvalue weighted by atomic mass is 32.2. The lowest BCUT2D eigenvalue weighted by molar-refractivity contribution is -0.268. The number of thiocarbonyl (C=S) groups is 1. The van der Waals surface area contributed by atoms with Gasteiger partial charge in [-0.3, -0.25) is 19.2 Å². The van der Waals surface area contributed by atoms with Crippen LogP contribution in [-0.2, 0) is 66.0 Å². The normalized spacial score (nSPS) is 26.1. The molecule has 19 heteroatoms. The summed E-state index contributed by atoms with van der Waals surface area (Å²) in [6.07, 6.45) is -7.42. The number of aliphatic hydroxyl groups is 1. The van der Waals surface area contributed by atoms with Crippen LogP contribution in [0, 0.1) is 5.92 Å². The zero-order chi connectivity index (χ0) is 40.5. The van der Waals surface area contributed by atoms with E-state index in [0.717, 1.165) is 25.0 Å². The molecular weight excluding hydrogens is 771 g/mol. The highest BCUT2D eigenvalue weighted by Crippen LogP contribution is 2.43. The van der Waals surface area contributed by atoms with Gasteiger partial charge in [0.25, 0.3) is 0 Å². The van der Waals surface area contributed by atoms with E-state index in [2.05, 4.69) is 27.8 Å². The van der Waals surface area contributed by atoms with Gasteiger partial charge in [-0.2, -0.15) is 0 Å². The van der Waals surface area contributed by atoms with E-state index in [4.69, 9.17) is 45.4 Å². The van der Waals surface area contributed by atoms with Crippen LogP contribution in [0.1, 0.15) is 70.1 Å². The second-order valence-electron chi connectivity index (χ2n) is 13.3. The van der Waals surface area contributed by atoms with Crippen LogP contribution >= 0.6 is 24.0 Å². The van der Waals surface area contributed by atoms with E-state index in [9.17, 15) is 24.3 Å². The van der Waals surface area contributed by atoms with Crippen LogP contribution in [0.5, 0.6) is 0 Å². The maximum absolute atomic E-state index is 12.3. The van der Waals surface area contributed by atoms with Crippen molar-refractivity contribution >= 4 is 58.5 Å². The third kappa shape index (κ3) is 11.3. The molecule has 2 fully saturated rings. The number of nitrogens with zero attached hydrogens (tertiary/aromatic N) is 4. The Morgan fingerprint density at radius 2 is 1.52 bits per heavy atom. The van der Waals surface area contributed by atoms with Crippen molar-refractivity contribution in [1.29, 1.82) is 0 Å². The first-order chi connectivity index (χ1) is 26.7. The molecule has 17 nitrogen and oxygen atoms in total. The molecule has 0 radical (unpaired) electrons. The van der Waals surface area contributed by atoms with Crippen LogP contribution < -0.4 is 5.32 Å². The van der Waals surface area contributed by atoms with Crippen LogP contribution in [0.25, 0.3) is 0 Å². The van der Waals surface area contributed by atoms with Gasteiger partial charge in [0.1, 0.15) is 18.8 Å². The molecule has 1 unspecified atom stereocenters. The van der Waals surface area contributed by atoms with Gasteiger partial charge in [-0.15, -0.1) is 5.10 Å². The molecule has 1 aromatic heterocycles. The monoisotopic (exact) mass is 815 g/mol. The number of benzene rings is 2. The summed E-state index contributed by atoms with van der Waals surface area (Å²) >= 11 is 7.23. The highest BCUT2D eigenvalue weighted by Gasteiger charge is 2.52. The molecule has 2 saturated heterocycles. The van der Waals surface area contributed by atoms with Crippen molar-refractivity contribution in [3.05, 3.63) is 65.2 Å². The van der Waals surface area contributed by atoms with Gasteiger partial charge >= 0.3 is 23.9 Å². The van der Waals surface area contributed by atoms with Crippen LogP contribution in [0.15, 0.2) is 53.7 Å². The quantitative estimate of drug-likeness (QED) is 0.103. The molecule has 56 heavy (non-hydrogen) atoms. The lowest BCUT2D eigenvalue weighted by Crippen LogP contribution is -2.62. The number of anilines is 1. The van der Waals surface area contributed by atoms with Gasteiger partial charge in [-0.25, -0.2) is 4.68 Å². The third-order valence-corrected chi connectivity index (χ3v) is 10.4. The molecule has 5 rings (SSSR count). The number of esters is 4. The summed E-state index contributed by atoms with van der Waals surface area (Å²) in [5, 5.41) is 25.2. The van der Waals surface area contributed by atoms with E-state index in [1.54, 1.807) is 17.8 Å². The van der Waals surface area contributed by atoms with E-state index < -0.39 is 60.7 Å². The molecule has 2 aromatic carbocycles. The minimum absolute atomic E-state index is 0.0469. The second-order valence-corrected chi connectivity index (χ2v) is 14.8. The van der Waals surface area contributed by atoms with Crippen molar-refractivity contribution in [2.45, 2.75) is 102 Å². The summed E-state index contributed by atoms with van der Waals surface area (Å²) in [6.45, 7) is 6.33. The smallest absolute Gasteiger partial charge is 0.303 e. The largest absolute Gasteiger partial charge is 0.463 e. The number of nitrogens with one attached hydrogen (secondary N) is 1. The molecule has 0 bridgehead atoms. The summed E-state index contributed by atoms with van der Waals surface area (Å²) in [7, 11) is 1.77. The van der Waals surface area contributed by atoms with E-state index >= 15 is 0 Å². The molecule has 3 aromatic rings. The summed E-state index contributed by atoms with van der Waals surface area (Å²) in [4.78, 5) is 48.6. The van der Waals surface area contributed by atoms with Crippen molar-refractivity contribution in [2.75, 3.05) is 17.7 Å². The zero-order valence-electron chi connectivity index (χ0n) is 31.7. The first-order valence-electron chi connectivity index (χ1n) is 17.8. The predicted octanol–water partition coefficient (Wildman–Crippen LogP) is 3.54. The Hall–Kier alpha value is -4.53. The SMILES string of the molecule is CC(=O)OC[C@H]1O[C@@H](CC(=S)Nc2cccc(C3O[C@H](CSc4nnnn4C)[C@H](C)[C@H](c4ccc(CO)cc4)O3)c2)[C@H](OC(C)=O)[C@@H](OC(C)=O)[C@@H]1OC(C)=O. The number of aromatic nitrogens is 4. The van der Waals surface area contributed by atoms with Gasteiger partial charge in [0.15, 0.2) is 24.6 Å². The predicted molar refractivity (Wildman–Crippen MR) is 202 cm³/mol. The summed E-state index contributed by atoms with van der Waals surface area (Å²) in [5.74, 6) is -2.31. The van der Waals surface area contributed by atoms with E-state index in [-0.39, 0.29) is 42.7 Å². The van der Waals surface area contributed by atoms with Gasteiger partial charge in [0.05, 0.1) is 23.8 Å². The Morgan fingerprint density at radius 3 is 2.12 bits per heavy atom. The maximum atomic E-state index is 12.3. The number of hydrogen-bond acceptors (Lipinski definition) is 17. The first kappa shape index (κ1) is 42.6. The van der Waals surface area contributed by atoms with Crippen molar-refractivity contribution < 1.29 is 57.4 Å². The fourth-order valence-corrected chi connectivity index (χ4v) is 7.75. The standard InChI is InChI=1S/C37H45N5O12S2/c1-19-30(18-56-37-39-40-41-42(37)6)53-36(54-32(19)25-12-10-24(16-43)11-13-25)26-8-7-9-27(14-26)38-31(55)15-28-33(49-21(3)45)35(51-23(5)47)34(50-22(4)46)29(52-28)17-48-20(2)44/h7-14,19,28-30,32-36,43H,15-18H2,1-6H3,(H,38,55)/t19-,28-,29+,30+,32+,33-,34+,35+,36?/m0/s1. The summed E-state index contributed by atoms with van der Waals surface area (Å²) < 4.78 is 42.8. The number of aryl methyl sites for hydroxylation is 1. The van der Waals surface area contributed by atoms with Gasteiger partial charge < -0.3 is 43.6 Å². The van der Waals surface area contributed by atoms with Crippen molar-refractivity contribution in [1.82, 2.24) is 20.2 Å². The van der Waals surface area contributed by atoms with E-state index in [1.807, 2.05) is 42.5 Å². The Kier molecular flexibility index (Phi) is 14.9. The molecule has 0 aliphatic carbocycles. The lowest BCUT2D eigenvalue weighted by atomic mass is 9.91. The Bertz CT molecular complexity index is 1860. The molecule has 302 valence electrons. The average Bonchev–Trinajstić information content (AvgIpc) is 3.56. The molecule has 0 spiro atoms. The van der Waals surface area contributed by atoms with Crippen LogP contribution in [0.3, 0.4) is 0 Å². The van der Waals surface area contributed by atoms with Crippen molar-refractivity contribution in [2.24, 2.45) is 13.0 Å². The number of carbonyl (C=O) groups is 4. The fourth-order valence-electron chi connectivity index (χ4n) is 6.45. The minimum Gasteiger partial charge on any atom is -0.463 e. The fraction of sp³-hybridized carbons (Fsp3) is 0.514. The second kappa shape index (κ2) is 19.6. The number of ether oxygens (including phenoxy) is 7. The number of rotatable bonds is 14. The number of tetrazole rings is 1. The molecule has 2 aliphatic rings. The molecule has 2 aliphatic heterocycles. The topological polar surface area (TPSA) is 209 Å². The molecule has 3 heterocycles. The number of carbonyl (C=O) groups excluding carboxylic acids is 4. The molecule has 0 amide bonds. The number of aliphatic hydroxyl groups excluding tert-OH is 1. The number of thioether (sulfide) groups is 1. The Morgan fingerprint density at radius 1 is 0.857 bits per heavy atom. The van der Waals surface area contributed by atoms with Gasteiger partial charge in [0.2, 0.25) is 5.16 Å². The van der Waals surface area contributed by atoms with Gasteiger partial charge in [0, 0.05) is 64.1 Å². The third-order valence-electron chi connectivity index (χ3n) is 9.00. The lowest BCUT2D eigenvalue weighted by Gasteiger charge is -2.44. The summed E-state index contributed by atoms with van der Waals surface area (Å²) in [5.41, 5.74) is 3.00. The highest BCUT2D eigenvalue weighted by molar-refractivity contribution is 7.99. The van der Waals surface area contributed by atoms with Crippen LogP contribution in [0.4, 0.5) is 5.69 Å². The molecular formula is C37H45N5O12S2. The van der Waals surface area contributed by atoms with E-state index in [0.29, 0.717) is 22.2 Å². The maximum Gasteiger partial charge on any atom is 0.303 e. The summed E-state index contributed by atoms with van der Waals surface area (Å²) in [6, 6.07) is 14.9. The molecule has 9 atom stereocenters. The molecule has 0 saturated carbocycles. The average molecular weight is 816 g/mol. The van der Waals surface area contributed by atoms with Gasteiger partial charge in [-0.1, -0.05) is 67.3 Å². The van der Waals surface area contributed by atoms with E-state index in [1.165, 1.54) is 25.6 Å². The van der Waals surface area contributed by atoms with Crippen LogP contribution in [-0.4, -0.2) is 103 Å². The van der Waals surface area contributed by atoms with Gasteiger partial charge in [-0.05, 0) is 33.7 Å². The first-order valence-corrected chi connectivity index (χ1v) is 19.2. The minimum atomic E-state index is -1.31. The Balaban J connectivity index is 1.37. The van der Waals surface area contributed by atoms with Crippen LogP contribution in [0.2, 0.25) is 0 Å².